The van der Waals surface area contributed by atoms with Gasteiger partial charge in [-0.1, -0.05) is 6.92 Å². The van der Waals surface area contributed by atoms with Gasteiger partial charge in [-0.25, -0.2) is 0 Å². The summed E-state index contributed by atoms with van der Waals surface area (Å²) < 4.78 is 40.4. The van der Waals surface area contributed by atoms with Crippen LogP contribution < -0.4 is 5.32 Å². The Balaban J connectivity index is 2.67. The fourth-order valence-corrected chi connectivity index (χ4v) is 2.07. The van der Waals surface area contributed by atoms with Gasteiger partial charge in [-0.05, 0) is 20.3 Å². The number of amides is 2. The predicted octanol–water partition coefficient (Wildman–Crippen LogP) is 1.08. The number of hydrogen-bond acceptors (Lipinski definition) is 3. The van der Waals surface area contributed by atoms with Crippen molar-refractivity contribution in [1.29, 1.82) is 0 Å². The summed E-state index contributed by atoms with van der Waals surface area (Å²) >= 11 is 0. The number of alkyl halides is 3. The van der Waals surface area contributed by atoms with Crippen LogP contribution in [0.15, 0.2) is 0 Å². The van der Waals surface area contributed by atoms with Crippen LogP contribution in [-0.4, -0.2) is 54.2 Å². The maximum atomic E-state index is 12.1. The Kier molecular flexibility index (Phi) is 5.01. The highest BCUT2D eigenvalue weighted by atomic mass is 19.4. The SMILES string of the molecule is CCC1(C)C(=O)NC(C)C(=O)N1CCOCC(F)(F)F. The summed E-state index contributed by atoms with van der Waals surface area (Å²) in [4.78, 5) is 25.3. The summed E-state index contributed by atoms with van der Waals surface area (Å²) in [7, 11) is 0. The summed E-state index contributed by atoms with van der Waals surface area (Å²) in [6.45, 7) is 3.21. The molecule has 0 aromatic rings. The van der Waals surface area contributed by atoms with E-state index in [2.05, 4.69) is 10.1 Å². The van der Waals surface area contributed by atoms with Crippen molar-refractivity contribution in [1.82, 2.24) is 10.2 Å². The number of halogens is 3. The van der Waals surface area contributed by atoms with Crippen molar-refractivity contribution in [3.63, 3.8) is 0 Å². The molecule has 0 saturated carbocycles. The van der Waals surface area contributed by atoms with E-state index in [0.717, 1.165) is 0 Å². The van der Waals surface area contributed by atoms with Gasteiger partial charge in [0.2, 0.25) is 11.8 Å². The van der Waals surface area contributed by atoms with Crippen molar-refractivity contribution in [3.05, 3.63) is 0 Å². The van der Waals surface area contributed by atoms with Crippen LogP contribution in [0.2, 0.25) is 0 Å². The lowest BCUT2D eigenvalue weighted by molar-refractivity contribution is -0.177. The first kappa shape index (κ1) is 16.7. The zero-order chi connectivity index (χ0) is 15.6. The molecule has 1 aliphatic rings. The fraction of sp³-hybridized carbons (Fsp3) is 0.833. The van der Waals surface area contributed by atoms with Crippen molar-refractivity contribution < 1.29 is 27.5 Å². The summed E-state index contributed by atoms with van der Waals surface area (Å²) in [5.74, 6) is -0.618. The van der Waals surface area contributed by atoms with E-state index >= 15 is 0 Å². The molecule has 0 aromatic carbocycles. The molecule has 116 valence electrons. The second kappa shape index (κ2) is 5.99. The van der Waals surface area contributed by atoms with E-state index in [9.17, 15) is 22.8 Å². The summed E-state index contributed by atoms with van der Waals surface area (Å²) in [6, 6.07) is -0.676. The van der Waals surface area contributed by atoms with Crippen LogP contribution in [0.4, 0.5) is 13.2 Å². The van der Waals surface area contributed by atoms with Gasteiger partial charge in [0.05, 0.1) is 6.61 Å². The molecule has 0 aliphatic carbocycles. The van der Waals surface area contributed by atoms with Gasteiger partial charge in [-0.15, -0.1) is 0 Å². The number of piperazine rings is 1. The third-order valence-corrected chi connectivity index (χ3v) is 3.48. The molecule has 2 unspecified atom stereocenters. The lowest BCUT2D eigenvalue weighted by Crippen LogP contribution is -2.69. The monoisotopic (exact) mass is 296 g/mol. The molecular formula is C12H19F3N2O3. The van der Waals surface area contributed by atoms with Gasteiger partial charge in [-0.3, -0.25) is 9.59 Å². The number of nitrogens with one attached hydrogen (secondary N) is 1. The first-order valence-corrected chi connectivity index (χ1v) is 6.38. The molecule has 1 rings (SSSR count). The van der Waals surface area contributed by atoms with Crippen molar-refractivity contribution in [2.24, 2.45) is 0 Å². The molecule has 8 heteroatoms. The Morgan fingerprint density at radius 1 is 1.40 bits per heavy atom. The zero-order valence-electron chi connectivity index (χ0n) is 11.7. The maximum absolute atomic E-state index is 12.1. The van der Waals surface area contributed by atoms with Gasteiger partial charge < -0.3 is 15.0 Å². The molecule has 0 radical (unpaired) electrons. The molecule has 1 fully saturated rings. The van der Waals surface area contributed by atoms with Gasteiger partial charge in [-0.2, -0.15) is 13.2 Å². The number of hydrogen-bond donors (Lipinski definition) is 1. The van der Waals surface area contributed by atoms with Gasteiger partial charge in [0.25, 0.3) is 0 Å². The zero-order valence-corrected chi connectivity index (χ0v) is 11.7. The van der Waals surface area contributed by atoms with Gasteiger partial charge in [0.15, 0.2) is 0 Å². The first-order valence-electron chi connectivity index (χ1n) is 6.38. The molecule has 2 amide bonds. The molecular weight excluding hydrogens is 277 g/mol. The Labute approximate surface area is 115 Å². The fourth-order valence-electron chi connectivity index (χ4n) is 2.07. The van der Waals surface area contributed by atoms with E-state index in [1.807, 2.05) is 0 Å². The van der Waals surface area contributed by atoms with Crippen LogP contribution in [0.3, 0.4) is 0 Å². The molecule has 1 aliphatic heterocycles. The van der Waals surface area contributed by atoms with Crippen molar-refractivity contribution in [2.45, 2.75) is 44.9 Å². The summed E-state index contributed by atoms with van der Waals surface area (Å²) in [5, 5.41) is 2.56. The smallest absolute Gasteiger partial charge is 0.370 e. The number of carbonyl (C=O) groups excluding carboxylic acids is 2. The molecule has 1 N–H and O–H groups in total. The first-order chi connectivity index (χ1) is 9.12. The second-order valence-corrected chi connectivity index (χ2v) is 4.98. The Morgan fingerprint density at radius 3 is 2.50 bits per heavy atom. The highest BCUT2D eigenvalue weighted by Crippen LogP contribution is 2.24. The Morgan fingerprint density at radius 2 is 2.00 bits per heavy atom. The topological polar surface area (TPSA) is 58.6 Å². The molecule has 0 aromatic heterocycles. The third-order valence-electron chi connectivity index (χ3n) is 3.48. The van der Waals surface area contributed by atoms with Crippen molar-refractivity contribution >= 4 is 11.8 Å². The molecule has 0 bridgehead atoms. The van der Waals surface area contributed by atoms with Crippen LogP contribution in [0, 0.1) is 0 Å². The largest absolute Gasteiger partial charge is 0.411 e. The summed E-state index contributed by atoms with van der Waals surface area (Å²) in [5.41, 5.74) is -1.05. The Hall–Kier alpha value is -1.31. The van der Waals surface area contributed by atoms with Gasteiger partial charge in [0, 0.05) is 6.54 Å². The average molecular weight is 296 g/mol. The minimum atomic E-state index is -4.40. The lowest BCUT2D eigenvalue weighted by Gasteiger charge is -2.45. The minimum Gasteiger partial charge on any atom is -0.370 e. The number of nitrogens with zero attached hydrogens (tertiary/aromatic N) is 1. The molecule has 20 heavy (non-hydrogen) atoms. The predicted molar refractivity (Wildman–Crippen MR) is 64.9 cm³/mol. The van der Waals surface area contributed by atoms with Crippen molar-refractivity contribution in [3.8, 4) is 0 Å². The quantitative estimate of drug-likeness (QED) is 0.772. The molecule has 0 spiro atoms. The van der Waals surface area contributed by atoms with E-state index in [4.69, 9.17) is 0 Å². The van der Waals surface area contributed by atoms with Crippen LogP contribution in [0.25, 0.3) is 0 Å². The van der Waals surface area contributed by atoms with E-state index in [1.54, 1.807) is 20.8 Å². The average Bonchev–Trinajstić information content (AvgIpc) is 2.34. The molecule has 5 nitrogen and oxygen atoms in total. The normalized spacial score (nSPS) is 27.7. The van der Waals surface area contributed by atoms with Gasteiger partial charge in [0.1, 0.15) is 18.2 Å². The van der Waals surface area contributed by atoms with E-state index < -0.39 is 24.4 Å². The Bertz CT molecular complexity index is 387. The molecule has 1 saturated heterocycles. The van der Waals surface area contributed by atoms with Crippen LogP contribution in [0.1, 0.15) is 27.2 Å². The van der Waals surface area contributed by atoms with Crippen LogP contribution in [-0.2, 0) is 14.3 Å². The standard InChI is InChI=1S/C12H19F3N2O3/c1-4-11(3)10(19)16-8(2)9(18)17(11)5-6-20-7-12(13,14)15/h8H,4-7H2,1-3H3,(H,16,19). The number of rotatable bonds is 5. The van der Waals surface area contributed by atoms with E-state index in [-0.39, 0.29) is 25.0 Å². The van der Waals surface area contributed by atoms with Gasteiger partial charge >= 0.3 is 6.18 Å². The number of ether oxygens (including phenoxy) is 1. The lowest BCUT2D eigenvalue weighted by atomic mass is 9.91. The maximum Gasteiger partial charge on any atom is 0.411 e. The van der Waals surface area contributed by atoms with Crippen molar-refractivity contribution in [2.75, 3.05) is 19.8 Å². The highest BCUT2D eigenvalue weighted by molar-refractivity contribution is 5.99. The van der Waals surface area contributed by atoms with E-state index in [1.165, 1.54) is 4.90 Å². The minimum absolute atomic E-state index is 0.0446. The number of carbonyl (C=O) groups is 2. The molecule has 2 atom stereocenters. The third kappa shape index (κ3) is 3.62. The van der Waals surface area contributed by atoms with Crippen LogP contribution >= 0.6 is 0 Å². The summed E-state index contributed by atoms with van der Waals surface area (Å²) in [6.07, 6.45) is -4.03. The van der Waals surface area contributed by atoms with Crippen LogP contribution in [0.5, 0.6) is 0 Å². The highest BCUT2D eigenvalue weighted by Gasteiger charge is 2.46. The van der Waals surface area contributed by atoms with E-state index in [0.29, 0.717) is 6.42 Å². The second-order valence-electron chi connectivity index (χ2n) is 4.98. The molecule has 1 heterocycles.